The minimum Gasteiger partial charge on any atom is -0.462 e. The number of unbranched alkanes of at least 4 members (excludes halogenated alkanes) is 4. The second kappa shape index (κ2) is 10.7. The average molecular weight is 420 g/mol. The van der Waals surface area contributed by atoms with Gasteiger partial charge in [-0.25, -0.2) is 9.59 Å². The van der Waals surface area contributed by atoms with Crippen LogP contribution in [-0.4, -0.2) is 23.5 Å². The van der Waals surface area contributed by atoms with Gasteiger partial charge in [0.1, 0.15) is 5.75 Å². The largest absolute Gasteiger partial charge is 0.462 e. The summed E-state index contributed by atoms with van der Waals surface area (Å²) in [5.74, 6) is -0.526. The molecule has 0 amide bonds. The fraction of sp³-hybridized carbons (Fsp3) is 0.350. The molecule has 5 nitrogen and oxygen atoms in total. The van der Waals surface area contributed by atoms with Crippen LogP contribution in [0.15, 0.2) is 47.2 Å². The first kappa shape index (κ1) is 20.1. The second-order valence-electron chi connectivity index (χ2n) is 5.86. The summed E-state index contributed by atoms with van der Waals surface area (Å²) in [4.78, 5) is 28.0. The number of benzene rings is 1. The lowest BCUT2D eigenvalue weighted by Crippen LogP contribution is -2.09. The smallest absolute Gasteiger partial charge is 0.345 e. The highest BCUT2D eigenvalue weighted by molar-refractivity contribution is 9.10. The van der Waals surface area contributed by atoms with Crippen LogP contribution in [-0.2, 0) is 4.74 Å². The molecule has 1 aromatic carbocycles. The highest BCUT2D eigenvalue weighted by atomic mass is 79.9. The zero-order chi connectivity index (χ0) is 18.8. The first-order valence-corrected chi connectivity index (χ1v) is 9.49. The van der Waals surface area contributed by atoms with Crippen LogP contribution < -0.4 is 4.74 Å². The van der Waals surface area contributed by atoms with E-state index in [1.165, 1.54) is 25.5 Å². The molecule has 138 valence electrons. The minimum atomic E-state index is -0.513. The minimum absolute atomic E-state index is 0.339. The third-order valence-corrected chi connectivity index (χ3v) is 4.16. The van der Waals surface area contributed by atoms with Gasteiger partial charge >= 0.3 is 11.9 Å². The molecule has 0 radical (unpaired) electrons. The van der Waals surface area contributed by atoms with E-state index in [2.05, 4.69) is 27.8 Å². The van der Waals surface area contributed by atoms with Crippen LogP contribution in [0.25, 0.3) is 0 Å². The van der Waals surface area contributed by atoms with E-state index in [0.29, 0.717) is 28.0 Å². The van der Waals surface area contributed by atoms with Gasteiger partial charge in [0.05, 0.1) is 17.7 Å². The highest BCUT2D eigenvalue weighted by Gasteiger charge is 2.11. The SMILES string of the molecule is CCCCCCCOC(=O)c1ccc(OC(=O)c2cncc(Br)c2)cc1. The Labute approximate surface area is 161 Å². The molecule has 2 rings (SSSR count). The summed E-state index contributed by atoms with van der Waals surface area (Å²) in [5, 5.41) is 0. The highest BCUT2D eigenvalue weighted by Crippen LogP contribution is 2.16. The molecule has 0 spiro atoms. The van der Waals surface area contributed by atoms with Crippen molar-refractivity contribution in [1.29, 1.82) is 0 Å². The number of nitrogens with zero attached hydrogens (tertiary/aromatic N) is 1. The molecule has 2 aromatic rings. The number of esters is 2. The van der Waals surface area contributed by atoms with Gasteiger partial charge in [-0.2, -0.15) is 0 Å². The van der Waals surface area contributed by atoms with E-state index in [4.69, 9.17) is 9.47 Å². The van der Waals surface area contributed by atoms with Crippen molar-refractivity contribution in [3.05, 3.63) is 58.3 Å². The van der Waals surface area contributed by atoms with Gasteiger partial charge in [-0.15, -0.1) is 0 Å². The fourth-order valence-electron chi connectivity index (χ4n) is 2.30. The van der Waals surface area contributed by atoms with Crippen molar-refractivity contribution >= 4 is 27.9 Å². The summed E-state index contributed by atoms with van der Waals surface area (Å²) in [6.07, 6.45) is 8.53. The normalized spacial score (nSPS) is 10.4. The zero-order valence-corrected chi connectivity index (χ0v) is 16.3. The maximum atomic E-state index is 12.1. The molecule has 0 unspecified atom stereocenters. The molecule has 0 atom stereocenters. The standard InChI is InChI=1S/C20H22BrNO4/c1-2-3-4-5-6-11-25-19(23)15-7-9-18(10-8-15)26-20(24)16-12-17(21)14-22-13-16/h7-10,12-14H,2-6,11H2,1H3. The van der Waals surface area contributed by atoms with E-state index in [-0.39, 0.29) is 5.97 Å². The molecular weight excluding hydrogens is 398 g/mol. The van der Waals surface area contributed by atoms with Gasteiger partial charge in [0.25, 0.3) is 0 Å². The van der Waals surface area contributed by atoms with E-state index in [9.17, 15) is 9.59 Å². The van der Waals surface area contributed by atoms with Crippen LogP contribution in [0.2, 0.25) is 0 Å². The fourth-order valence-corrected chi connectivity index (χ4v) is 2.67. The molecule has 26 heavy (non-hydrogen) atoms. The van der Waals surface area contributed by atoms with Gasteiger partial charge in [0.2, 0.25) is 0 Å². The van der Waals surface area contributed by atoms with Crippen molar-refractivity contribution in [3.8, 4) is 5.75 Å². The van der Waals surface area contributed by atoms with E-state index in [0.717, 1.165) is 12.8 Å². The van der Waals surface area contributed by atoms with E-state index in [1.807, 2.05) is 0 Å². The molecule has 0 aliphatic rings. The Bertz CT molecular complexity index is 731. The molecule has 0 N–H and O–H groups in total. The number of carbonyl (C=O) groups excluding carboxylic acids is 2. The average Bonchev–Trinajstić information content (AvgIpc) is 2.65. The number of pyridine rings is 1. The molecule has 6 heteroatoms. The maximum Gasteiger partial charge on any atom is 0.345 e. The number of aromatic nitrogens is 1. The summed E-state index contributed by atoms with van der Waals surface area (Å²) in [6.45, 7) is 2.59. The van der Waals surface area contributed by atoms with Crippen LogP contribution >= 0.6 is 15.9 Å². The topological polar surface area (TPSA) is 65.5 Å². The summed E-state index contributed by atoms with van der Waals surface area (Å²) >= 11 is 3.26. The van der Waals surface area contributed by atoms with Crippen molar-refractivity contribution in [3.63, 3.8) is 0 Å². The third kappa shape index (κ3) is 6.59. The van der Waals surface area contributed by atoms with Crippen molar-refractivity contribution in [1.82, 2.24) is 4.98 Å². The van der Waals surface area contributed by atoms with E-state index >= 15 is 0 Å². The predicted molar refractivity (Wildman–Crippen MR) is 102 cm³/mol. The lowest BCUT2D eigenvalue weighted by atomic mass is 10.2. The first-order chi connectivity index (χ1) is 12.6. The van der Waals surface area contributed by atoms with Crippen LogP contribution in [0, 0.1) is 0 Å². The molecule has 0 aliphatic carbocycles. The molecule has 0 aliphatic heterocycles. The molecule has 1 aromatic heterocycles. The lowest BCUT2D eigenvalue weighted by molar-refractivity contribution is 0.0497. The number of ether oxygens (including phenoxy) is 2. The molecule has 0 bridgehead atoms. The monoisotopic (exact) mass is 419 g/mol. The lowest BCUT2D eigenvalue weighted by Gasteiger charge is -2.07. The molecule has 0 fully saturated rings. The first-order valence-electron chi connectivity index (χ1n) is 8.70. The quantitative estimate of drug-likeness (QED) is 0.317. The molecule has 1 heterocycles. The van der Waals surface area contributed by atoms with E-state index < -0.39 is 5.97 Å². The van der Waals surface area contributed by atoms with Crippen molar-refractivity contribution in [2.45, 2.75) is 39.0 Å². The Hall–Kier alpha value is -2.21. The number of carbonyl (C=O) groups is 2. The van der Waals surface area contributed by atoms with Gasteiger partial charge in [-0.05, 0) is 52.7 Å². The van der Waals surface area contributed by atoms with Gasteiger partial charge in [0, 0.05) is 16.9 Å². The Morgan fingerprint density at radius 2 is 1.69 bits per heavy atom. The van der Waals surface area contributed by atoms with Crippen LogP contribution in [0.1, 0.15) is 59.7 Å². The zero-order valence-electron chi connectivity index (χ0n) is 14.7. The van der Waals surface area contributed by atoms with Crippen LogP contribution in [0.4, 0.5) is 0 Å². The molecular formula is C20H22BrNO4. The molecule has 0 saturated carbocycles. The number of hydrogen-bond donors (Lipinski definition) is 0. The van der Waals surface area contributed by atoms with Crippen LogP contribution in [0.5, 0.6) is 5.75 Å². The van der Waals surface area contributed by atoms with Gasteiger partial charge in [0.15, 0.2) is 0 Å². The second-order valence-corrected chi connectivity index (χ2v) is 6.77. The van der Waals surface area contributed by atoms with Gasteiger partial charge in [-0.3, -0.25) is 4.98 Å². The van der Waals surface area contributed by atoms with E-state index in [1.54, 1.807) is 36.5 Å². The summed E-state index contributed by atoms with van der Waals surface area (Å²) < 4.78 is 11.2. The van der Waals surface area contributed by atoms with Crippen LogP contribution in [0.3, 0.4) is 0 Å². The predicted octanol–water partition coefficient (Wildman–Crippen LogP) is 5.19. The van der Waals surface area contributed by atoms with Crippen molar-refractivity contribution < 1.29 is 19.1 Å². The Morgan fingerprint density at radius 3 is 2.38 bits per heavy atom. The maximum absolute atomic E-state index is 12.1. The Kier molecular flexibility index (Phi) is 8.28. The van der Waals surface area contributed by atoms with Gasteiger partial charge in [-0.1, -0.05) is 32.6 Å². The Morgan fingerprint density at radius 1 is 0.962 bits per heavy atom. The summed E-state index contributed by atoms with van der Waals surface area (Å²) in [7, 11) is 0. The number of rotatable bonds is 9. The number of hydrogen-bond acceptors (Lipinski definition) is 5. The van der Waals surface area contributed by atoms with Crippen molar-refractivity contribution in [2.75, 3.05) is 6.61 Å². The third-order valence-electron chi connectivity index (χ3n) is 3.72. The molecule has 0 saturated heterocycles. The summed E-state index contributed by atoms with van der Waals surface area (Å²) in [6, 6.07) is 7.94. The summed E-state index contributed by atoms with van der Waals surface area (Å²) in [5.41, 5.74) is 0.772. The van der Waals surface area contributed by atoms with Crippen molar-refractivity contribution in [2.24, 2.45) is 0 Å². The number of halogens is 1. The van der Waals surface area contributed by atoms with Gasteiger partial charge < -0.3 is 9.47 Å². The Balaban J connectivity index is 1.82.